The van der Waals surface area contributed by atoms with Gasteiger partial charge in [0.1, 0.15) is 11.5 Å². The van der Waals surface area contributed by atoms with Crippen molar-refractivity contribution in [2.45, 2.75) is 18.9 Å². The van der Waals surface area contributed by atoms with Gasteiger partial charge in [0.05, 0.1) is 17.0 Å². The monoisotopic (exact) mass is 290 g/mol. The Labute approximate surface area is 120 Å². The summed E-state index contributed by atoms with van der Waals surface area (Å²) >= 11 is 0. The van der Waals surface area contributed by atoms with Crippen LogP contribution in [0.5, 0.6) is 0 Å². The van der Waals surface area contributed by atoms with Gasteiger partial charge in [-0.1, -0.05) is 0 Å². The van der Waals surface area contributed by atoms with Crippen LogP contribution in [0.15, 0.2) is 36.7 Å². The maximum atomic E-state index is 13.2. The van der Waals surface area contributed by atoms with Crippen LogP contribution < -0.4 is 4.90 Å². The second-order valence-corrected chi connectivity index (χ2v) is 5.12. The predicted octanol–water partition coefficient (Wildman–Crippen LogP) is 2.77. The molecule has 1 aromatic heterocycles. The number of halogens is 1. The van der Waals surface area contributed by atoms with Gasteiger partial charge >= 0.3 is 0 Å². The second kappa shape index (κ2) is 5.51. The maximum Gasteiger partial charge on any atom is 0.295 e. The highest BCUT2D eigenvalue weighted by Crippen LogP contribution is 2.33. The normalized spacial score (nSPS) is 18.7. The summed E-state index contributed by atoms with van der Waals surface area (Å²) in [5, 5.41) is 15.4. The number of nitrogens with zero attached hydrogens (tertiary/aromatic N) is 4. The van der Waals surface area contributed by atoms with Crippen LogP contribution in [-0.4, -0.2) is 27.8 Å². The number of nitro benzene ring substituents is 1. The van der Waals surface area contributed by atoms with Crippen molar-refractivity contribution in [2.24, 2.45) is 0 Å². The van der Waals surface area contributed by atoms with Gasteiger partial charge < -0.3 is 4.90 Å². The molecule has 0 amide bonds. The van der Waals surface area contributed by atoms with E-state index in [4.69, 9.17) is 0 Å². The third kappa shape index (κ3) is 2.72. The van der Waals surface area contributed by atoms with Gasteiger partial charge in [-0.2, -0.15) is 5.10 Å². The van der Waals surface area contributed by atoms with E-state index in [1.54, 1.807) is 6.20 Å². The van der Waals surface area contributed by atoms with Gasteiger partial charge in [-0.05, 0) is 31.0 Å². The molecule has 1 saturated heterocycles. The molecule has 1 aliphatic rings. The topological polar surface area (TPSA) is 64.2 Å². The largest absolute Gasteiger partial charge is 0.364 e. The molecule has 1 aliphatic heterocycles. The molecule has 1 aromatic carbocycles. The molecular weight excluding hydrogens is 275 g/mol. The van der Waals surface area contributed by atoms with Crippen molar-refractivity contribution < 1.29 is 9.31 Å². The summed E-state index contributed by atoms with van der Waals surface area (Å²) in [5.74, 6) is -0.592. The first kappa shape index (κ1) is 13.5. The van der Waals surface area contributed by atoms with Crippen molar-refractivity contribution in [2.75, 3.05) is 18.0 Å². The lowest BCUT2D eigenvalue weighted by atomic mass is 10.0. The Hall–Kier alpha value is -2.44. The number of rotatable bonds is 3. The number of hydrogen-bond donors (Lipinski definition) is 0. The number of benzene rings is 1. The SMILES string of the molecule is O=[N+]([O-])c1cc(F)ccc1N1CCCC(n2cccn2)C1. The van der Waals surface area contributed by atoms with Crippen molar-refractivity contribution in [1.82, 2.24) is 9.78 Å². The number of hydrogen-bond acceptors (Lipinski definition) is 4. The lowest BCUT2D eigenvalue weighted by Crippen LogP contribution is -2.37. The highest BCUT2D eigenvalue weighted by atomic mass is 19.1. The standard InChI is InChI=1S/C14H15FN4O2/c15-11-4-5-13(14(9-11)19(20)21)17-7-1-3-12(10-17)18-8-2-6-16-18/h2,4-6,8-9,12H,1,3,7,10H2. The molecule has 0 radical (unpaired) electrons. The number of piperidine rings is 1. The fourth-order valence-corrected chi connectivity index (χ4v) is 2.80. The van der Waals surface area contributed by atoms with Crippen molar-refractivity contribution in [3.8, 4) is 0 Å². The van der Waals surface area contributed by atoms with Crippen LogP contribution in [0.25, 0.3) is 0 Å². The van der Waals surface area contributed by atoms with Crippen molar-refractivity contribution in [3.63, 3.8) is 0 Å². The van der Waals surface area contributed by atoms with Gasteiger partial charge in [-0.15, -0.1) is 0 Å². The molecule has 1 atom stereocenters. The third-order valence-electron chi connectivity index (χ3n) is 3.77. The molecule has 0 spiro atoms. The van der Waals surface area contributed by atoms with Crippen LogP contribution in [0.2, 0.25) is 0 Å². The molecule has 0 saturated carbocycles. The molecule has 21 heavy (non-hydrogen) atoms. The molecule has 0 aliphatic carbocycles. The third-order valence-corrected chi connectivity index (χ3v) is 3.77. The quantitative estimate of drug-likeness (QED) is 0.644. The minimum absolute atomic E-state index is 0.179. The Balaban J connectivity index is 1.88. The lowest BCUT2D eigenvalue weighted by Gasteiger charge is -2.34. The van der Waals surface area contributed by atoms with Gasteiger partial charge in [-0.3, -0.25) is 14.8 Å². The molecule has 110 valence electrons. The number of aromatic nitrogens is 2. The zero-order valence-electron chi connectivity index (χ0n) is 11.4. The lowest BCUT2D eigenvalue weighted by molar-refractivity contribution is -0.384. The van der Waals surface area contributed by atoms with E-state index in [9.17, 15) is 14.5 Å². The first-order chi connectivity index (χ1) is 10.1. The van der Waals surface area contributed by atoms with Gasteiger partial charge in [-0.25, -0.2) is 4.39 Å². The van der Waals surface area contributed by atoms with E-state index in [-0.39, 0.29) is 11.7 Å². The van der Waals surface area contributed by atoms with Crippen LogP contribution in [0.3, 0.4) is 0 Å². The Morgan fingerprint density at radius 3 is 3.00 bits per heavy atom. The molecule has 0 N–H and O–H groups in total. The summed E-state index contributed by atoms with van der Waals surface area (Å²) in [4.78, 5) is 12.5. The Bertz CT molecular complexity index is 644. The second-order valence-electron chi connectivity index (χ2n) is 5.12. The molecule has 0 bridgehead atoms. The number of anilines is 1. The fraction of sp³-hybridized carbons (Fsp3) is 0.357. The summed E-state index contributed by atoms with van der Waals surface area (Å²) in [6.45, 7) is 1.36. The minimum atomic E-state index is -0.592. The molecule has 1 unspecified atom stereocenters. The highest BCUT2D eigenvalue weighted by Gasteiger charge is 2.26. The highest BCUT2D eigenvalue weighted by molar-refractivity contribution is 5.63. The van der Waals surface area contributed by atoms with Gasteiger partial charge in [0.15, 0.2) is 0 Å². The molecule has 7 heteroatoms. The predicted molar refractivity (Wildman–Crippen MR) is 75.8 cm³/mol. The zero-order valence-corrected chi connectivity index (χ0v) is 11.4. The zero-order chi connectivity index (χ0) is 14.8. The van der Waals surface area contributed by atoms with Crippen molar-refractivity contribution in [1.29, 1.82) is 0 Å². The first-order valence-electron chi connectivity index (χ1n) is 6.83. The van der Waals surface area contributed by atoms with Crippen LogP contribution in [-0.2, 0) is 0 Å². The van der Waals surface area contributed by atoms with E-state index in [1.807, 2.05) is 21.8 Å². The van der Waals surface area contributed by atoms with Crippen LogP contribution in [0.1, 0.15) is 18.9 Å². The minimum Gasteiger partial charge on any atom is -0.364 e. The average Bonchev–Trinajstić information content (AvgIpc) is 3.01. The average molecular weight is 290 g/mol. The molecule has 2 aromatic rings. The smallest absolute Gasteiger partial charge is 0.295 e. The molecular formula is C14H15FN4O2. The number of nitro groups is 1. The van der Waals surface area contributed by atoms with Gasteiger partial charge in [0, 0.05) is 25.5 Å². The van der Waals surface area contributed by atoms with E-state index in [0.717, 1.165) is 25.5 Å². The summed E-state index contributed by atoms with van der Waals surface area (Å²) in [7, 11) is 0. The van der Waals surface area contributed by atoms with Crippen molar-refractivity contribution in [3.05, 3.63) is 52.6 Å². The van der Waals surface area contributed by atoms with Crippen molar-refractivity contribution >= 4 is 11.4 Å². The van der Waals surface area contributed by atoms with E-state index < -0.39 is 10.7 Å². The molecule has 2 heterocycles. The summed E-state index contributed by atoms with van der Waals surface area (Å²) in [6, 6.07) is 5.77. The Morgan fingerprint density at radius 2 is 2.29 bits per heavy atom. The van der Waals surface area contributed by atoms with Crippen LogP contribution in [0.4, 0.5) is 15.8 Å². The maximum absolute atomic E-state index is 13.2. The molecule has 3 rings (SSSR count). The van der Waals surface area contributed by atoms with Gasteiger partial charge in [0.2, 0.25) is 0 Å². The first-order valence-corrected chi connectivity index (χ1v) is 6.83. The fourth-order valence-electron chi connectivity index (χ4n) is 2.80. The van der Waals surface area contributed by atoms with E-state index >= 15 is 0 Å². The Kier molecular flexibility index (Phi) is 3.55. The van der Waals surface area contributed by atoms with Crippen LogP contribution >= 0.6 is 0 Å². The van der Waals surface area contributed by atoms with E-state index in [0.29, 0.717) is 12.2 Å². The summed E-state index contributed by atoms with van der Waals surface area (Å²) in [5.41, 5.74) is 0.286. The van der Waals surface area contributed by atoms with Crippen LogP contribution in [0, 0.1) is 15.9 Å². The summed E-state index contributed by atoms with van der Waals surface area (Å²) in [6.07, 6.45) is 5.51. The summed E-state index contributed by atoms with van der Waals surface area (Å²) < 4.78 is 15.1. The van der Waals surface area contributed by atoms with E-state index in [2.05, 4.69) is 5.10 Å². The molecule has 1 fully saturated rings. The van der Waals surface area contributed by atoms with E-state index in [1.165, 1.54) is 12.1 Å². The van der Waals surface area contributed by atoms with Gasteiger partial charge in [0.25, 0.3) is 5.69 Å². The molecule has 6 nitrogen and oxygen atoms in total. The Morgan fingerprint density at radius 1 is 1.43 bits per heavy atom.